The van der Waals surface area contributed by atoms with Crippen molar-refractivity contribution in [1.82, 2.24) is 20.1 Å². The van der Waals surface area contributed by atoms with Gasteiger partial charge in [-0.25, -0.2) is 4.98 Å². The standard InChI is InChI=1S/C10H18N4O/c1-14-10(12-7-13-14)6-11-5-8-3-2-4-9(8)15/h7-9,11,15H,2-6H2,1H3. The van der Waals surface area contributed by atoms with E-state index in [4.69, 9.17) is 0 Å². The topological polar surface area (TPSA) is 63.0 Å². The zero-order valence-electron chi connectivity index (χ0n) is 9.06. The van der Waals surface area contributed by atoms with Crippen LogP contribution in [0.1, 0.15) is 25.1 Å². The van der Waals surface area contributed by atoms with Gasteiger partial charge in [0.1, 0.15) is 12.2 Å². The SMILES string of the molecule is Cn1ncnc1CNCC1CCCC1O. The van der Waals surface area contributed by atoms with Crippen LogP contribution >= 0.6 is 0 Å². The predicted molar refractivity (Wildman–Crippen MR) is 56.1 cm³/mol. The van der Waals surface area contributed by atoms with Crippen LogP contribution in [0.15, 0.2) is 6.33 Å². The van der Waals surface area contributed by atoms with E-state index in [1.54, 1.807) is 11.0 Å². The monoisotopic (exact) mass is 210 g/mol. The molecular weight excluding hydrogens is 192 g/mol. The number of aromatic nitrogens is 3. The molecule has 1 aromatic rings. The zero-order chi connectivity index (χ0) is 10.7. The van der Waals surface area contributed by atoms with Crippen molar-refractivity contribution in [3.05, 3.63) is 12.2 Å². The maximum absolute atomic E-state index is 9.63. The Kier molecular flexibility index (Phi) is 3.33. The summed E-state index contributed by atoms with van der Waals surface area (Å²) in [5.74, 6) is 1.35. The summed E-state index contributed by atoms with van der Waals surface area (Å²) in [6.07, 6.45) is 4.68. The predicted octanol–water partition coefficient (Wildman–Crippen LogP) is 0.0657. The quantitative estimate of drug-likeness (QED) is 0.738. The molecule has 2 unspecified atom stereocenters. The van der Waals surface area contributed by atoms with E-state index < -0.39 is 0 Å². The van der Waals surface area contributed by atoms with Gasteiger partial charge in [0.15, 0.2) is 0 Å². The molecule has 0 saturated heterocycles. The molecule has 0 aromatic carbocycles. The Morgan fingerprint density at radius 3 is 3.07 bits per heavy atom. The molecule has 5 nitrogen and oxygen atoms in total. The summed E-state index contributed by atoms with van der Waals surface area (Å²) in [5.41, 5.74) is 0. The molecule has 0 aliphatic heterocycles. The molecule has 2 rings (SSSR count). The number of aliphatic hydroxyl groups excluding tert-OH is 1. The van der Waals surface area contributed by atoms with Crippen LogP contribution in [-0.4, -0.2) is 32.5 Å². The third-order valence-corrected chi connectivity index (χ3v) is 3.11. The highest BCUT2D eigenvalue weighted by Crippen LogP contribution is 2.24. The summed E-state index contributed by atoms with van der Waals surface area (Å²) in [5, 5.41) is 16.9. The number of aliphatic hydroxyl groups is 1. The molecule has 1 aliphatic rings. The van der Waals surface area contributed by atoms with E-state index in [0.717, 1.165) is 38.2 Å². The van der Waals surface area contributed by atoms with Crippen LogP contribution in [0, 0.1) is 5.92 Å². The van der Waals surface area contributed by atoms with Crippen molar-refractivity contribution in [1.29, 1.82) is 0 Å². The van der Waals surface area contributed by atoms with Crippen molar-refractivity contribution in [2.24, 2.45) is 13.0 Å². The number of aryl methyl sites for hydroxylation is 1. The first-order chi connectivity index (χ1) is 7.27. The molecular formula is C10H18N4O. The normalized spacial score (nSPS) is 26.0. The van der Waals surface area contributed by atoms with E-state index in [9.17, 15) is 5.11 Å². The van der Waals surface area contributed by atoms with Gasteiger partial charge in [-0.05, 0) is 18.8 Å². The highest BCUT2D eigenvalue weighted by atomic mass is 16.3. The van der Waals surface area contributed by atoms with Gasteiger partial charge < -0.3 is 10.4 Å². The molecule has 0 amide bonds. The summed E-state index contributed by atoms with van der Waals surface area (Å²) < 4.78 is 1.76. The van der Waals surface area contributed by atoms with Gasteiger partial charge in [0.05, 0.1) is 12.6 Å². The summed E-state index contributed by atoms with van der Waals surface area (Å²) in [6.45, 7) is 1.59. The van der Waals surface area contributed by atoms with Crippen LogP contribution in [0.5, 0.6) is 0 Å². The Morgan fingerprint density at radius 1 is 1.60 bits per heavy atom. The Hall–Kier alpha value is -0.940. The van der Waals surface area contributed by atoms with Crippen molar-refractivity contribution in [3.8, 4) is 0 Å². The van der Waals surface area contributed by atoms with Crippen LogP contribution < -0.4 is 5.32 Å². The van der Waals surface area contributed by atoms with E-state index >= 15 is 0 Å². The molecule has 1 aliphatic carbocycles. The van der Waals surface area contributed by atoms with Crippen molar-refractivity contribution in [2.45, 2.75) is 31.9 Å². The molecule has 0 bridgehead atoms. The first-order valence-corrected chi connectivity index (χ1v) is 5.49. The lowest BCUT2D eigenvalue weighted by Crippen LogP contribution is -2.28. The average molecular weight is 210 g/mol. The second kappa shape index (κ2) is 4.72. The Morgan fingerprint density at radius 2 is 2.47 bits per heavy atom. The molecule has 0 radical (unpaired) electrons. The van der Waals surface area contributed by atoms with E-state index in [0.29, 0.717) is 5.92 Å². The molecule has 15 heavy (non-hydrogen) atoms. The number of hydrogen-bond acceptors (Lipinski definition) is 4. The summed E-state index contributed by atoms with van der Waals surface area (Å²) in [7, 11) is 1.88. The second-order valence-electron chi connectivity index (χ2n) is 4.19. The first kappa shape index (κ1) is 10.6. The average Bonchev–Trinajstić information content (AvgIpc) is 2.78. The van der Waals surface area contributed by atoms with Crippen molar-refractivity contribution >= 4 is 0 Å². The van der Waals surface area contributed by atoms with Gasteiger partial charge in [-0.2, -0.15) is 5.10 Å². The minimum atomic E-state index is -0.114. The highest BCUT2D eigenvalue weighted by Gasteiger charge is 2.24. The smallest absolute Gasteiger partial charge is 0.140 e. The Bertz CT molecular complexity index is 312. The van der Waals surface area contributed by atoms with Gasteiger partial charge in [0, 0.05) is 13.6 Å². The molecule has 1 aromatic heterocycles. The number of rotatable bonds is 4. The minimum absolute atomic E-state index is 0.114. The van der Waals surface area contributed by atoms with Gasteiger partial charge in [-0.15, -0.1) is 0 Å². The second-order valence-corrected chi connectivity index (χ2v) is 4.19. The Labute approximate surface area is 89.5 Å². The van der Waals surface area contributed by atoms with Crippen molar-refractivity contribution < 1.29 is 5.11 Å². The van der Waals surface area contributed by atoms with Crippen LogP contribution in [0.2, 0.25) is 0 Å². The van der Waals surface area contributed by atoms with Crippen LogP contribution in [0.25, 0.3) is 0 Å². The lowest BCUT2D eigenvalue weighted by molar-refractivity contribution is 0.131. The largest absolute Gasteiger partial charge is 0.393 e. The van der Waals surface area contributed by atoms with E-state index in [1.165, 1.54) is 0 Å². The Balaban J connectivity index is 1.73. The van der Waals surface area contributed by atoms with Gasteiger partial charge in [-0.1, -0.05) is 6.42 Å². The number of nitrogens with one attached hydrogen (secondary N) is 1. The fraction of sp³-hybridized carbons (Fsp3) is 0.800. The van der Waals surface area contributed by atoms with Crippen LogP contribution in [0.4, 0.5) is 0 Å². The van der Waals surface area contributed by atoms with Crippen LogP contribution in [0.3, 0.4) is 0 Å². The fourth-order valence-electron chi connectivity index (χ4n) is 2.10. The molecule has 5 heteroatoms. The van der Waals surface area contributed by atoms with Gasteiger partial charge in [0.2, 0.25) is 0 Å². The maximum Gasteiger partial charge on any atom is 0.140 e. The minimum Gasteiger partial charge on any atom is -0.393 e. The third kappa shape index (κ3) is 2.54. The molecule has 1 saturated carbocycles. The maximum atomic E-state index is 9.63. The summed E-state index contributed by atoms with van der Waals surface area (Å²) >= 11 is 0. The lowest BCUT2D eigenvalue weighted by atomic mass is 10.1. The molecule has 1 fully saturated rings. The molecule has 84 valence electrons. The molecule has 0 spiro atoms. The van der Waals surface area contributed by atoms with Crippen molar-refractivity contribution in [3.63, 3.8) is 0 Å². The van der Waals surface area contributed by atoms with Crippen LogP contribution in [-0.2, 0) is 13.6 Å². The van der Waals surface area contributed by atoms with Gasteiger partial charge in [-0.3, -0.25) is 4.68 Å². The zero-order valence-corrected chi connectivity index (χ0v) is 9.06. The van der Waals surface area contributed by atoms with Gasteiger partial charge >= 0.3 is 0 Å². The third-order valence-electron chi connectivity index (χ3n) is 3.11. The molecule has 2 N–H and O–H groups in total. The molecule has 2 atom stereocenters. The van der Waals surface area contributed by atoms with E-state index in [1.807, 2.05) is 7.05 Å². The fourth-order valence-corrected chi connectivity index (χ4v) is 2.10. The van der Waals surface area contributed by atoms with E-state index in [-0.39, 0.29) is 6.10 Å². The number of hydrogen-bond donors (Lipinski definition) is 2. The lowest BCUT2D eigenvalue weighted by Gasteiger charge is -2.14. The summed E-state index contributed by atoms with van der Waals surface area (Å²) in [4.78, 5) is 4.13. The van der Waals surface area contributed by atoms with Gasteiger partial charge in [0.25, 0.3) is 0 Å². The first-order valence-electron chi connectivity index (χ1n) is 5.49. The number of nitrogens with zero attached hydrogens (tertiary/aromatic N) is 3. The summed E-state index contributed by atoms with van der Waals surface area (Å²) in [6, 6.07) is 0. The van der Waals surface area contributed by atoms with Crippen molar-refractivity contribution in [2.75, 3.05) is 6.54 Å². The van der Waals surface area contributed by atoms with E-state index in [2.05, 4.69) is 15.4 Å². The highest BCUT2D eigenvalue weighted by molar-refractivity contribution is 4.84. The molecule has 1 heterocycles.